The topological polar surface area (TPSA) is 61.4 Å². The Bertz CT molecular complexity index is 441. The van der Waals surface area contributed by atoms with Crippen LogP contribution in [0.25, 0.3) is 0 Å². The molecule has 2 rings (SSSR count). The largest absolute Gasteiger partial charge is 0.383 e. The number of nitrogens with zero attached hydrogens (tertiary/aromatic N) is 3. The fourth-order valence-corrected chi connectivity index (χ4v) is 4.21. The van der Waals surface area contributed by atoms with Crippen molar-refractivity contribution in [1.82, 2.24) is 20.4 Å². The molecule has 7 nitrogen and oxygen atoms in total. The van der Waals surface area contributed by atoms with E-state index in [2.05, 4.69) is 41.2 Å². The molecule has 2 fully saturated rings. The molecule has 7 heteroatoms. The Hall–Kier alpha value is -0.890. The first-order valence-corrected chi connectivity index (χ1v) is 11.2. The zero-order valence-electron chi connectivity index (χ0n) is 18.6. The minimum atomic E-state index is 0.490. The van der Waals surface area contributed by atoms with E-state index in [0.717, 1.165) is 65.0 Å². The van der Waals surface area contributed by atoms with Crippen molar-refractivity contribution in [1.29, 1.82) is 0 Å². The van der Waals surface area contributed by atoms with E-state index in [1.807, 2.05) is 0 Å². The van der Waals surface area contributed by atoms with E-state index in [1.54, 1.807) is 7.11 Å². The third-order valence-corrected chi connectivity index (χ3v) is 5.70. The monoisotopic (exact) mass is 397 g/mol. The van der Waals surface area contributed by atoms with Crippen LogP contribution in [-0.4, -0.2) is 101 Å². The summed E-state index contributed by atoms with van der Waals surface area (Å²) in [6.45, 7) is 16.1. The Kier molecular flexibility index (Phi) is 11.2. The number of ether oxygens (including phenoxy) is 2. The van der Waals surface area contributed by atoms with Crippen LogP contribution >= 0.6 is 0 Å². The van der Waals surface area contributed by atoms with Crippen molar-refractivity contribution in [2.24, 2.45) is 10.9 Å². The Morgan fingerprint density at radius 1 is 1.21 bits per heavy atom. The molecule has 0 spiro atoms. The molecule has 28 heavy (non-hydrogen) atoms. The molecule has 2 N–H and O–H groups in total. The molecule has 2 aliphatic heterocycles. The van der Waals surface area contributed by atoms with Gasteiger partial charge < -0.3 is 20.1 Å². The lowest BCUT2D eigenvalue weighted by molar-refractivity contribution is 0.0143. The summed E-state index contributed by atoms with van der Waals surface area (Å²) in [6.07, 6.45) is 3.70. The van der Waals surface area contributed by atoms with Crippen molar-refractivity contribution in [2.45, 2.75) is 52.1 Å². The summed E-state index contributed by atoms with van der Waals surface area (Å²) in [5.41, 5.74) is 0. The van der Waals surface area contributed by atoms with Gasteiger partial charge in [-0.1, -0.05) is 13.8 Å². The van der Waals surface area contributed by atoms with Crippen molar-refractivity contribution < 1.29 is 9.47 Å². The van der Waals surface area contributed by atoms with Gasteiger partial charge in [0.05, 0.1) is 26.4 Å². The Balaban J connectivity index is 1.89. The zero-order valence-corrected chi connectivity index (χ0v) is 18.6. The quantitative estimate of drug-likeness (QED) is 0.406. The van der Waals surface area contributed by atoms with E-state index < -0.39 is 0 Å². The van der Waals surface area contributed by atoms with Gasteiger partial charge in [-0.05, 0) is 38.6 Å². The highest BCUT2D eigenvalue weighted by Gasteiger charge is 2.25. The normalized spacial score (nSPS) is 23.3. The van der Waals surface area contributed by atoms with Crippen molar-refractivity contribution in [3.8, 4) is 0 Å². The van der Waals surface area contributed by atoms with Gasteiger partial charge in [0, 0.05) is 51.9 Å². The number of rotatable bonds is 11. The second-order valence-electron chi connectivity index (χ2n) is 8.36. The predicted octanol–water partition coefficient (Wildman–Crippen LogP) is 1.40. The standard InChI is InChI=1S/C21H43N5O2/c1-5-22-21(23-16-19-7-6-8-25(19)9-12-27-4)24-17-20(15-18(2)3)26-10-13-28-14-11-26/h18-20H,5-17H2,1-4H3,(H2,22,23,24). The number of methoxy groups -OCH3 is 1. The van der Waals surface area contributed by atoms with Gasteiger partial charge >= 0.3 is 0 Å². The van der Waals surface area contributed by atoms with E-state index in [9.17, 15) is 0 Å². The lowest BCUT2D eigenvalue weighted by Gasteiger charge is -2.34. The lowest BCUT2D eigenvalue weighted by Crippen LogP contribution is -2.48. The van der Waals surface area contributed by atoms with Crippen molar-refractivity contribution >= 4 is 5.96 Å². The molecule has 2 aliphatic rings. The van der Waals surface area contributed by atoms with Gasteiger partial charge in [-0.2, -0.15) is 0 Å². The highest BCUT2D eigenvalue weighted by molar-refractivity contribution is 5.79. The Morgan fingerprint density at radius 3 is 2.68 bits per heavy atom. The van der Waals surface area contributed by atoms with Crippen molar-refractivity contribution in [2.75, 3.05) is 72.7 Å². The summed E-state index contributed by atoms with van der Waals surface area (Å²) in [4.78, 5) is 10.1. The first-order chi connectivity index (χ1) is 13.6. The van der Waals surface area contributed by atoms with Crippen molar-refractivity contribution in [3.05, 3.63) is 0 Å². The molecule has 0 amide bonds. The number of hydrogen-bond donors (Lipinski definition) is 2. The lowest BCUT2D eigenvalue weighted by atomic mass is 10.0. The average Bonchev–Trinajstić information content (AvgIpc) is 3.15. The molecule has 0 saturated carbocycles. The second-order valence-corrected chi connectivity index (χ2v) is 8.36. The number of nitrogens with one attached hydrogen (secondary N) is 2. The van der Waals surface area contributed by atoms with Gasteiger partial charge in [-0.25, -0.2) is 0 Å². The van der Waals surface area contributed by atoms with Crippen LogP contribution in [0.15, 0.2) is 4.99 Å². The summed E-state index contributed by atoms with van der Waals surface area (Å²) >= 11 is 0. The number of aliphatic imine (C=N–C) groups is 1. The van der Waals surface area contributed by atoms with E-state index >= 15 is 0 Å². The van der Waals surface area contributed by atoms with Crippen molar-refractivity contribution in [3.63, 3.8) is 0 Å². The number of hydrogen-bond acceptors (Lipinski definition) is 5. The molecule has 0 radical (unpaired) electrons. The fourth-order valence-electron chi connectivity index (χ4n) is 4.21. The number of guanidine groups is 1. The third-order valence-electron chi connectivity index (χ3n) is 5.70. The van der Waals surface area contributed by atoms with Gasteiger partial charge in [0.2, 0.25) is 0 Å². The van der Waals surface area contributed by atoms with Crippen LogP contribution in [0.4, 0.5) is 0 Å². The molecule has 2 atom stereocenters. The molecule has 164 valence electrons. The predicted molar refractivity (Wildman–Crippen MR) is 116 cm³/mol. The van der Waals surface area contributed by atoms with Crippen LogP contribution in [0.2, 0.25) is 0 Å². The van der Waals surface area contributed by atoms with Gasteiger partial charge in [0.25, 0.3) is 0 Å². The van der Waals surface area contributed by atoms with Gasteiger partial charge in [-0.3, -0.25) is 14.8 Å². The molecule has 2 saturated heterocycles. The molecule has 2 heterocycles. The van der Waals surface area contributed by atoms with E-state index in [0.29, 0.717) is 18.0 Å². The highest BCUT2D eigenvalue weighted by atomic mass is 16.5. The minimum Gasteiger partial charge on any atom is -0.383 e. The summed E-state index contributed by atoms with van der Waals surface area (Å²) < 4.78 is 10.8. The SMILES string of the molecule is CCNC(=NCC(CC(C)C)N1CCOCC1)NCC1CCCN1CCOC. The first-order valence-electron chi connectivity index (χ1n) is 11.2. The molecule has 0 aliphatic carbocycles. The van der Waals surface area contributed by atoms with Gasteiger partial charge in [-0.15, -0.1) is 0 Å². The average molecular weight is 398 g/mol. The molecule has 0 aromatic heterocycles. The van der Waals surface area contributed by atoms with Crippen LogP contribution < -0.4 is 10.6 Å². The third kappa shape index (κ3) is 8.23. The zero-order chi connectivity index (χ0) is 20.2. The van der Waals surface area contributed by atoms with Crippen LogP contribution in [0, 0.1) is 5.92 Å². The van der Waals surface area contributed by atoms with E-state index in [1.165, 1.54) is 25.8 Å². The molecular weight excluding hydrogens is 354 g/mol. The first kappa shape index (κ1) is 23.4. The fraction of sp³-hybridized carbons (Fsp3) is 0.952. The molecule has 0 aromatic rings. The molecule has 0 aromatic carbocycles. The van der Waals surface area contributed by atoms with Crippen LogP contribution in [-0.2, 0) is 9.47 Å². The highest BCUT2D eigenvalue weighted by Crippen LogP contribution is 2.16. The van der Waals surface area contributed by atoms with Crippen LogP contribution in [0.5, 0.6) is 0 Å². The smallest absolute Gasteiger partial charge is 0.191 e. The van der Waals surface area contributed by atoms with Crippen LogP contribution in [0.1, 0.15) is 40.0 Å². The Morgan fingerprint density at radius 2 is 2.00 bits per heavy atom. The molecule has 2 unspecified atom stereocenters. The maximum Gasteiger partial charge on any atom is 0.191 e. The van der Waals surface area contributed by atoms with Gasteiger partial charge in [0.1, 0.15) is 0 Å². The minimum absolute atomic E-state index is 0.490. The summed E-state index contributed by atoms with van der Waals surface area (Å²) in [5.74, 6) is 1.62. The van der Waals surface area contributed by atoms with Crippen LogP contribution in [0.3, 0.4) is 0 Å². The summed E-state index contributed by atoms with van der Waals surface area (Å²) in [5, 5.41) is 7.02. The van der Waals surface area contributed by atoms with E-state index in [4.69, 9.17) is 14.5 Å². The second kappa shape index (κ2) is 13.4. The maximum atomic E-state index is 5.54. The summed E-state index contributed by atoms with van der Waals surface area (Å²) in [7, 11) is 1.78. The van der Waals surface area contributed by atoms with Gasteiger partial charge in [0.15, 0.2) is 5.96 Å². The number of morpholine rings is 1. The molecular formula is C21H43N5O2. The molecule has 0 bridgehead atoms. The summed E-state index contributed by atoms with van der Waals surface area (Å²) in [6, 6.07) is 1.06. The maximum absolute atomic E-state index is 5.54. The Labute approximate surface area is 172 Å². The number of likely N-dealkylation sites (tertiary alicyclic amines) is 1. The van der Waals surface area contributed by atoms with E-state index in [-0.39, 0.29) is 0 Å².